The van der Waals surface area contributed by atoms with Crippen LogP contribution in [0.15, 0.2) is 71.4 Å². The van der Waals surface area contributed by atoms with Gasteiger partial charge in [0.1, 0.15) is 5.75 Å². The number of likely N-dealkylation sites (tertiary alicyclic amines) is 2. The maximum atomic E-state index is 11.2. The second kappa shape index (κ2) is 11.9. The molecule has 0 spiro atoms. The Bertz CT molecular complexity index is 1050. The van der Waals surface area contributed by atoms with Crippen molar-refractivity contribution in [2.45, 2.75) is 50.2 Å². The highest BCUT2D eigenvalue weighted by Gasteiger charge is 2.37. The van der Waals surface area contributed by atoms with Crippen LogP contribution >= 0.6 is 11.3 Å². The standard InChI is InChI=1S/C31H40N2O2S/c1-35-29-11-9-26(10-12-29)20-33-22-28(30(23-33)27-13-19-36-24-27)21-32-17-15-31(34,16-18-32)14-5-8-25-6-3-2-4-7-25/h2-4,6-7,9-13,19,24,28,30,34H,5,8,14-18,20-23H2,1H3/t28-,30+/m1/s1. The van der Waals surface area contributed by atoms with E-state index in [2.05, 4.69) is 81.2 Å². The van der Waals surface area contributed by atoms with Gasteiger partial charge in [0.2, 0.25) is 0 Å². The predicted octanol–water partition coefficient (Wildman–Crippen LogP) is 5.82. The van der Waals surface area contributed by atoms with E-state index in [1.807, 2.05) is 11.3 Å². The van der Waals surface area contributed by atoms with Crippen LogP contribution in [0.1, 0.15) is 48.3 Å². The van der Waals surface area contributed by atoms with Crippen LogP contribution < -0.4 is 4.74 Å². The molecular formula is C31H40N2O2S. The minimum Gasteiger partial charge on any atom is -0.497 e. The van der Waals surface area contributed by atoms with Gasteiger partial charge >= 0.3 is 0 Å². The van der Waals surface area contributed by atoms with Gasteiger partial charge in [0.15, 0.2) is 0 Å². The quantitative estimate of drug-likeness (QED) is 0.377. The Hall–Kier alpha value is -2.18. The molecule has 5 rings (SSSR count). The molecule has 0 bridgehead atoms. The molecule has 0 unspecified atom stereocenters. The molecule has 2 aliphatic rings. The molecule has 0 amide bonds. The van der Waals surface area contributed by atoms with Crippen molar-refractivity contribution in [2.75, 3.05) is 39.8 Å². The molecule has 4 nitrogen and oxygen atoms in total. The fraction of sp³-hybridized carbons (Fsp3) is 0.484. The van der Waals surface area contributed by atoms with E-state index in [0.29, 0.717) is 11.8 Å². The van der Waals surface area contributed by atoms with Crippen LogP contribution in [0.2, 0.25) is 0 Å². The summed E-state index contributed by atoms with van der Waals surface area (Å²) >= 11 is 1.81. The third-order valence-electron chi connectivity index (χ3n) is 8.28. The second-order valence-corrected chi connectivity index (χ2v) is 11.6. The van der Waals surface area contributed by atoms with Crippen molar-refractivity contribution in [3.05, 3.63) is 88.1 Å². The number of nitrogens with zero attached hydrogens (tertiary/aromatic N) is 2. The van der Waals surface area contributed by atoms with E-state index in [4.69, 9.17) is 4.74 Å². The van der Waals surface area contributed by atoms with Crippen molar-refractivity contribution < 1.29 is 9.84 Å². The molecule has 1 aromatic heterocycles. The van der Waals surface area contributed by atoms with Crippen LogP contribution in [0.4, 0.5) is 0 Å². The first-order chi connectivity index (χ1) is 17.6. The number of aliphatic hydroxyl groups is 1. The number of methoxy groups -OCH3 is 1. The number of thiophene rings is 1. The van der Waals surface area contributed by atoms with Crippen LogP contribution in [0.5, 0.6) is 5.75 Å². The summed E-state index contributed by atoms with van der Waals surface area (Å²) < 4.78 is 5.33. The van der Waals surface area contributed by atoms with Crippen LogP contribution in [0.25, 0.3) is 0 Å². The first-order valence-corrected chi connectivity index (χ1v) is 14.4. The van der Waals surface area contributed by atoms with Crippen molar-refractivity contribution in [3.63, 3.8) is 0 Å². The zero-order valence-electron chi connectivity index (χ0n) is 21.5. The van der Waals surface area contributed by atoms with Gasteiger partial charge in [0, 0.05) is 45.2 Å². The first kappa shape index (κ1) is 25.5. The number of hydrogen-bond acceptors (Lipinski definition) is 5. The molecule has 2 atom stereocenters. The van der Waals surface area contributed by atoms with E-state index in [1.54, 1.807) is 7.11 Å². The molecule has 1 N–H and O–H groups in total. The molecule has 3 aromatic rings. The number of rotatable bonds is 10. The number of benzene rings is 2. The molecule has 192 valence electrons. The van der Waals surface area contributed by atoms with E-state index in [0.717, 1.165) is 77.1 Å². The van der Waals surface area contributed by atoms with Gasteiger partial charge in [-0.3, -0.25) is 4.90 Å². The summed E-state index contributed by atoms with van der Waals surface area (Å²) in [6.45, 7) is 6.37. The normalized spacial score (nSPS) is 22.6. The highest BCUT2D eigenvalue weighted by molar-refractivity contribution is 7.08. The van der Waals surface area contributed by atoms with Crippen LogP contribution in [0, 0.1) is 5.92 Å². The summed E-state index contributed by atoms with van der Waals surface area (Å²) in [5.74, 6) is 2.13. The highest BCUT2D eigenvalue weighted by atomic mass is 32.1. The SMILES string of the molecule is COc1ccc(CN2C[C@@H](CN3CCC(O)(CCCc4ccccc4)CC3)[C@H](c3ccsc3)C2)cc1. The molecule has 0 aliphatic carbocycles. The minimum atomic E-state index is -0.492. The topological polar surface area (TPSA) is 35.9 Å². The summed E-state index contributed by atoms with van der Waals surface area (Å²) in [7, 11) is 1.72. The molecule has 2 aromatic carbocycles. The largest absolute Gasteiger partial charge is 0.497 e. The number of piperidine rings is 1. The van der Waals surface area contributed by atoms with Gasteiger partial charge in [0.05, 0.1) is 12.7 Å². The monoisotopic (exact) mass is 504 g/mol. The van der Waals surface area contributed by atoms with Gasteiger partial charge in [-0.15, -0.1) is 0 Å². The minimum absolute atomic E-state index is 0.492. The Morgan fingerprint density at radius 2 is 1.72 bits per heavy atom. The van der Waals surface area contributed by atoms with Crippen molar-refractivity contribution in [3.8, 4) is 5.75 Å². The average molecular weight is 505 g/mol. The molecule has 3 heterocycles. The third-order valence-corrected chi connectivity index (χ3v) is 8.98. The summed E-state index contributed by atoms with van der Waals surface area (Å²) in [5.41, 5.74) is 3.72. The van der Waals surface area contributed by atoms with Gasteiger partial charge < -0.3 is 14.7 Å². The van der Waals surface area contributed by atoms with Gasteiger partial charge in [-0.1, -0.05) is 42.5 Å². The third kappa shape index (κ3) is 6.57. The van der Waals surface area contributed by atoms with E-state index in [9.17, 15) is 5.11 Å². The lowest BCUT2D eigenvalue weighted by Crippen LogP contribution is -2.46. The molecule has 2 fully saturated rings. The van der Waals surface area contributed by atoms with Gasteiger partial charge in [-0.05, 0) is 83.7 Å². The Balaban J connectivity index is 1.14. The molecule has 2 saturated heterocycles. The average Bonchev–Trinajstić information content (AvgIpc) is 3.57. The fourth-order valence-corrected chi connectivity index (χ4v) is 6.85. The van der Waals surface area contributed by atoms with E-state index < -0.39 is 5.60 Å². The Morgan fingerprint density at radius 3 is 2.42 bits per heavy atom. The Morgan fingerprint density at radius 1 is 0.944 bits per heavy atom. The predicted molar refractivity (Wildman–Crippen MR) is 149 cm³/mol. The lowest BCUT2D eigenvalue weighted by atomic mass is 9.84. The molecule has 5 heteroatoms. The Labute approximate surface area is 220 Å². The van der Waals surface area contributed by atoms with E-state index in [1.165, 1.54) is 16.7 Å². The summed E-state index contributed by atoms with van der Waals surface area (Å²) in [6.07, 6.45) is 4.82. The molecule has 2 aliphatic heterocycles. The molecule has 0 saturated carbocycles. The summed E-state index contributed by atoms with van der Waals surface area (Å²) in [6, 6.07) is 21.5. The van der Waals surface area contributed by atoms with E-state index in [-0.39, 0.29) is 0 Å². The van der Waals surface area contributed by atoms with Crippen molar-refractivity contribution >= 4 is 11.3 Å². The lowest BCUT2D eigenvalue weighted by molar-refractivity contribution is -0.0316. The van der Waals surface area contributed by atoms with Gasteiger partial charge in [0.25, 0.3) is 0 Å². The molecular weight excluding hydrogens is 464 g/mol. The number of hydrogen-bond donors (Lipinski definition) is 1. The highest BCUT2D eigenvalue weighted by Crippen LogP contribution is 2.36. The lowest BCUT2D eigenvalue weighted by Gasteiger charge is -2.39. The zero-order chi connectivity index (χ0) is 24.8. The maximum Gasteiger partial charge on any atom is 0.118 e. The van der Waals surface area contributed by atoms with E-state index >= 15 is 0 Å². The van der Waals surface area contributed by atoms with Gasteiger partial charge in [-0.2, -0.15) is 11.3 Å². The maximum absolute atomic E-state index is 11.2. The van der Waals surface area contributed by atoms with Gasteiger partial charge in [-0.25, -0.2) is 0 Å². The van der Waals surface area contributed by atoms with Crippen LogP contribution in [-0.2, 0) is 13.0 Å². The second-order valence-electron chi connectivity index (χ2n) is 10.8. The first-order valence-electron chi connectivity index (χ1n) is 13.5. The Kier molecular flexibility index (Phi) is 8.43. The molecule has 0 radical (unpaired) electrons. The van der Waals surface area contributed by atoms with Crippen molar-refractivity contribution in [1.29, 1.82) is 0 Å². The van der Waals surface area contributed by atoms with Crippen LogP contribution in [0.3, 0.4) is 0 Å². The number of aryl methyl sites for hydroxylation is 1. The van der Waals surface area contributed by atoms with Crippen molar-refractivity contribution in [1.82, 2.24) is 9.80 Å². The molecule has 36 heavy (non-hydrogen) atoms. The summed E-state index contributed by atoms with van der Waals surface area (Å²) in [4.78, 5) is 5.24. The number of ether oxygens (including phenoxy) is 1. The fourth-order valence-electron chi connectivity index (χ4n) is 6.13. The summed E-state index contributed by atoms with van der Waals surface area (Å²) in [5, 5.41) is 15.8. The smallest absolute Gasteiger partial charge is 0.118 e. The zero-order valence-corrected chi connectivity index (χ0v) is 22.3. The van der Waals surface area contributed by atoms with Crippen LogP contribution in [-0.4, -0.2) is 60.3 Å². The van der Waals surface area contributed by atoms with Crippen molar-refractivity contribution in [2.24, 2.45) is 5.92 Å².